The van der Waals surface area contributed by atoms with Crippen LogP contribution in [0.25, 0.3) is 0 Å². The Morgan fingerprint density at radius 1 is 1.07 bits per heavy atom. The zero-order valence-corrected chi connectivity index (χ0v) is 15.5. The van der Waals surface area contributed by atoms with Gasteiger partial charge in [0.25, 0.3) is 11.5 Å². The highest BCUT2D eigenvalue weighted by molar-refractivity contribution is 5.93. The Morgan fingerprint density at radius 2 is 1.79 bits per heavy atom. The summed E-state index contributed by atoms with van der Waals surface area (Å²) in [4.78, 5) is 48.3. The van der Waals surface area contributed by atoms with Gasteiger partial charge in [-0.2, -0.15) is 0 Å². The minimum Gasteiger partial charge on any atom is -0.490 e. The molecule has 10 heteroatoms. The molecule has 28 heavy (non-hydrogen) atoms. The van der Waals surface area contributed by atoms with Crippen LogP contribution in [0.5, 0.6) is 11.5 Å². The SMILES string of the molecule is CCOc1ccc(NC(=O)COC(=O)Cn2ccc(=O)[nH]c2=O)cc1OCC. The molecule has 2 aromatic rings. The molecule has 0 fully saturated rings. The molecule has 2 rings (SSSR count). The van der Waals surface area contributed by atoms with Gasteiger partial charge in [0.05, 0.1) is 13.2 Å². The third-order valence-electron chi connectivity index (χ3n) is 3.39. The number of nitrogens with one attached hydrogen (secondary N) is 2. The highest BCUT2D eigenvalue weighted by Gasteiger charge is 2.12. The van der Waals surface area contributed by atoms with Crippen LogP contribution in [0.4, 0.5) is 5.69 Å². The quantitative estimate of drug-likeness (QED) is 0.596. The van der Waals surface area contributed by atoms with Gasteiger partial charge in [0.1, 0.15) is 6.54 Å². The molecule has 1 aromatic heterocycles. The van der Waals surface area contributed by atoms with Crippen molar-refractivity contribution in [1.29, 1.82) is 0 Å². The number of esters is 1. The lowest BCUT2D eigenvalue weighted by molar-refractivity contribution is -0.148. The molecular weight excluding hydrogens is 370 g/mol. The van der Waals surface area contributed by atoms with Gasteiger partial charge in [0.15, 0.2) is 18.1 Å². The Bertz CT molecular complexity index is 949. The number of aromatic amines is 1. The maximum Gasteiger partial charge on any atom is 0.328 e. The zero-order chi connectivity index (χ0) is 20.5. The number of H-pyrrole nitrogens is 1. The van der Waals surface area contributed by atoms with Crippen LogP contribution in [0.2, 0.25) is 0 Å². The van der Waals surface area contributed by atoms with Crippen LogP contribution in [0.15, 0.2) is 40.1 Å². The maximum absolute atomic E-state index is 12.0. The predicted octanol–water partition coefficient (Wildman–Crippen LogP) is 0.516. The summed E-state index contributed by atoms with van der Waals surface area (Å²) in [5, 5.41) is 2.58. The van der Waals surface area contributed by atoms with Gasteiger partial charge in [-0.15, -0.1) is 0 Å². The van der Waals surface area contributed by atoms with E-state index in [2.05, 4.69) is 5.32 Å². The molecule has 0 radical (unpaired) electrons. The summed E-state index contributed by atoms with van der Waals surface area (Å²) in [6, 6.07) is 6.00. The number of ether oxygens (including phenoxy) is 3. The van der Waals surface area contributed by atoms with E-state index < -0.39 is 36.3 Å². The van der Waals surface area contributed by atoms with Crippen molar-refractivity contribution in [1.82, 2.24) is 9.55 Å². The minimum atomic E-state index is -0.800. The van der Waals surface area contributed by atoms with Crippen molar-refractivity contribution in [3.63, 3.8) is 0 Å². The van der Waals surface area contributed by atoms with Crippen LogP contribution < -0.4 is 26.0 Å². The third kappa shape index (κ3) is 6.01. The van der Waals surface area contributed by atoms with Crippen molar-refractivity contribution >= 4 is 17.6 Å². The number of benzene rings is 1. The molecule has 0 aliphatic heterocycles. The summed E-state index contributed by atoms with van der Waals surface area (Å²) in [6.45, 7) is 3.61. The van der Waals surface area contributed by atoms with Crippen LogP contribution in [0, 0.1) is 0 Å². The van der Waals surface area contributed by atoms with Gasteiger partial charge >= 0.3 is 11.7 Å². The number of nitrogens with zero attached hydrogens (tertiary/aromatic N) is 1. The van der Waals surface area contributed by atoms with E-state index in [1.54, 1.807) is 18.2 Å². The molecule has 0 saturated carbocycles. The van der Waals surface area contributed by atoms with Crippen LogP contribution in [-0.4, -0.2) is 41.2 Å². The van der Waals surface area contributed by atoms with Gasteiger partial charge in [-0.05, 0) is 26.0 Å². The summed E-state index contributed by atoms with van der Waals surface area (Å²) < 4.78 is 16.7. The first-order chi connectivity index (χ1) is 13.4. The first kappa shape index (κ1) is 20.7. The molecule has 10 nitrogen and oxygen atoms in total. The molecule has 1 amide bonds. The largest absolute Gasteiger partial charge is 0.490 e. The normalized spacial score (nSPS) is 10.2. The van der Waals surface area contributed by atoms with E-state index in [9.17, 15) is 19.2 Å². The highest BCUT2D eigenvalue weighted by Crippen LogP contribution is 2.30. The van der Waals surface area contributed by atoms with Crippen LogP contribution >= 0.6 is 0 Å². The van der Waals surface area contributed by atoms with Gasteiger partial charge < -0.3 is 19.5 Å². The van der Waals surface area contributed by atoms with Crippen molar-refractivity contribution < 1.29 is 23.8 Å². The number of rotatable bonds is 9. The molecule has 0 aliphatic rings. The first-order valence-electron chi connectivity index (χ1n) is 8.57. The number of carbonyl (C=O) groups is 2. The monoisotopic (exact) mass is 391 g/mol. The van der Waals surface area contributed by atoms with E-state index >= 15 is 0 Å². The molecule has 0 unspecified atom stereocenters. The second kappa shape index (κ2) is 9.95. The second-order valence-electron chi connectivity index (χ2n) is 5.47. The van der Waals surface area contributed by atoms with E-state index in [1.165, 1.54) is 0 Å². The molecule has 150 valence electrons. The molecular formula is C18H21N3O7. The van der Waals surface area contributed by atoms with E-state index in [1.807, 2.05) is 18.8 Å². The van der Waals surface area contributed by atoms with Crippen molar-refractivity contribution in [2.45, 2.75) is 20.4 Å². The Labute approximate surface area is 160 Å². The standard InChI is InChI=1S/C18H21N3O7/c1-3-26-13-6-5-12(9-14(13)27-4-2)19-16(23)11-28-17(24)10-21-8-7-15(22)20-18(21)25/h5-9H,3-4,10-11H2,1-2H3,(H,19,23)(H,20,22,25). The van der Waals surface area contributed by atoms with Crippen molar-refractivity contribution in [2.75, 3.05) is 25.1 Å². The summed E-state index contributed by atoms with van der Waals surface area (Å²) >= 11 is 0. The average Bonchev–Trinajstić information content (AvgIpc) is 2.65. The van der Waals surface area contributed by atoms with Crippen LogP contribution in [0.1, 0.15) is 13.8 Å². The number of carbonyl (C=O) groups excluding carboxylic acids is 2. The smallest absolute Gasteiger partial charge is 0.328 e. The van der Waals surface area contributed by atoms with Gasteiger partial charge in [0.2, 0.25) is 0 Å². The van der Waals surface area contributed by atoms with Gasteiger partial charge in [0, 0.05) is 24.0 Å². The maximum atomic E-state index is 12.0. The topological polar surface area (TPSA) is 129 Å². The van der Waals surface area contributed by atoms with Crippen LogP contribution in [-0.2, 0) is 20.9 Å². The van der Waals surface area contributed by atoms with E-state index in [0.29, 0.717) is 30.4 Å². The van der Waals surface area contributed by atoms with Crippen molar-refractivity contribution in [2.24, 2.45) is 0 Å². The fourth-order valence-corrected chi connectivity index (χ4v) is 2.23. The molecule has 0 atom stereocenters. The molecule has 0 aliphatic carbocycles. The fraction of sp³-hybridized carbons (Fsp3) is 0.333. The molecule has 0 saturated heterocycles. The molecule has 1 aromatic carbocycles. The van der Waals surface area contributed by atoms with Crippen molar-refractivity contribution in [3.05, 3.63) is 51.3 Å². The Hall–Kier alpha value is -3.56. The number of anilines is 1. The summed E-state index contributed by atoms with van der Waals surface area (Å²) in [7, 11) is 0. The van der Waals surface area contributed by atoms with E-state index in [-0.39, 0.29) is 0 Å². The van der Waals surface area contributed by atoms with E-state index in [4.69, 9.17) is 14.2 Å². The molecule has 2 N–H and O–H groups in total. The van der Waals surface area contributed by atoms with Crippen LogP contribution in [0.3, 0.4) is 0 Å². The summed E-state index contributed by atoms with van der Waals surface area (Å²) in [5.74, 6) is -0.323. The zero-order valence-electron chi connectivity index (χ0n) is 15.5. The number of hydrogen-bond donors (Lipinski definition) is 2. The Balaban J connectivity index is 1.91. The fourth-order valence-electron chi connectivity index (χ4n) is 2.23. The molecule has 1 heterocycles. The van der Waals surface area contributed by atoms with Gasteiger partial charge in [-0.3, -0.25) is 23.9 Å². The number of amides is 1. The lowest BCUT2D eigenvalue weighted by atomic mass is 10.2. The number of aromatic nitrogens is 2. The molecule has 0 spiro atoms. The Kier molecular flexibility index (Phi) is 7.37. The lowest BCUT2D eigenvalue weighted by Gasteiger charge is -2.13. The van der Waals surface area contributed by atoms with Gasteiger partial charge in [-0.1, -0.05) is 0 Å². The lowest BCUT2D eigenvalue weighted by Crippen LogP contribution is -2.32. The minimum absolute atomic E-state index is 0.430. The van der Waals surface area contributed by atoms with Crippen molar-refractivity contribution in [3.8, 4) is 11.5 Å². The average molecular weight is 391 g/mol. The molecule has 0 bridgehead atoms. The van der Waals surface area contributed by atoms with E-state index in [0.717, 1.165) is 16.8 Å². The second-order valence-corrected chi connectivity index (χ2v) is 5.47. The first-order valence-corrected chi connectivity index (χ1v) is 8.57. The number of hydrogen-bond acceptors (Lipinski definition) is 7. The highest BCUT2D eigenvalue weighted by atomic mass is 16.5. The van der Waals surface area contributed by atoms with Gasteiger partial charge in [-0.25, -0.2) is 4.79 Å². The summed E-state index contributed by atoms with van der Waals surface area (Å²) in [5.41, 5.74) is -0.868. The third-order valence-corrected chi connectivity index (χ3v) is 3.39. The Morgan fingerprint density at radius 3 is 2.46 bits per heavy atom. The summed E-state index contributed by atoms with van der Waals surface area (Å²) in [6.07, 6.45) is 1.16. The predicted molar refractivity (Wildman–Crippen MR) is 99.7 cm³/mol.